The summed E-state index contributed by atoms with van der Waals surface area (Å²) in [5.74, 6) is -1.04. The number of halogens is 3. The number of nitrogens with one attached hydrogen (secondary N) is 2. The zero-order valence-corrected chi connectivity index (χ0v) is 18.9. The molecule has 1 amide bonds. The topological polar surface area (TPSA) is 122 Å². The lowest BCUT2D eigenvalue weighted by molar-refractivity contribution is -0.139. The lowest BCUT2D eigenvalue weighted by atomic mass is 10.2. The number of hydrogen-bond acceptors (Lipinski definition) is 8. The number of methoxy groups -OCH3 is 1. The molecule has 3 aromatic rings. The van der Waals surface area contributed by atoms with Crippen LogP contribution in [0.5, 0.6) is 11.5 Å². The Hall–Kier alpha value is -4.13. The molecule has 0 unspecified atom stereocenters. The van der Waals surface area contributed by atoms with Crippen LogP contribution in [0.2, 0.25) is 0 Å². The minimum absolute atomic E-state index is 0.0939. The van der Waals surface area contributed by atoms with Crippen molar-refractivity contribution in [2.75, 3.05) is 19.0 Å². The van der Waals surface area contributed by atoms with E-state index >= 15 is 0 Å². The Balaban J connectivity index is 1.54. The number of nitrogens with zero attached hydrogens (tertiary/aromatic N) is 2. The predicted octanol–water partition coefficient (Wildman–Crippen LogP) is 4.07. The first-order chi connectivity index (χ1) is 16.6. The van der Waals surface area contributed by atoms with Gasteiger partial charge in [0.1, 0.15) is 0 Å². The molecule has 0 saturated heterocycles. The Morgan fingerprint density at radius 3 is 2.71 bits per heavy atom. The maximum absolute atomic E-state index is 12.8. The average Bonchev–Trinajstić information content (AvgIpc) is 3.24. The summed E-state index contributed by atoms with van der Waals surface area (Å²) in [7, 11) is 1.40. The molecule has 3 rings (SSSR count). The van der Waals surface area contributed by atoms with Crippen molar-refractivity contribution in [3.05, 3.63) is 64.7 Å². The molecule has 3 N–H and O–H groups in total. The lowest BCUT2D eigenvalue weighted by Crippen LogP contribution is -2.19. The molecular formula is C22H19F3N4O5S. The zero-order valence-electron chi connectivity index (χ0n) is 18.1. The van der Waals surface area contributed by atoms with Gasteiger partial charge in [0, 0.05) is 11.1 Å². The Kier molecular flexibility index (Phi) is 8.25. The SMILES string of the molecule is COc1cc(/C=N\NC(=O)Cc2csc(Nc3cccc(C(F)(F)F)c3)n2)ccc1OCC(=O)O. The summed E-state index contributed by atoms with van der Waals surface area (Å²) >= 11 is 1.15. The molecule has 0 aliphatic rings. The van der Waals surface area contributed by atoms with Crippen molar-refractivity contribution in [2.45, 2.75) is 12.6 Å². The van der Waals surface area contributed by atoms with E-state index in [1.165, 1.54) is 31.5 Å². The Morgan fingerprint density at radius 2 is 2.00 bits per heavy atom. The van der Waals surface area contributed by atoms with Gasteiger partial charge in [0.25, 0.3) is 0 Å². The monoisotopic (exact) mass is 508 g/mol. The maximum Gasteiger partial charge on any atom is 0.416 e. The molecule has 0 saturated carbocycles. The molecule has 1 aromatic heterocycles. The van der Waals surface area contributed by atoms with E-state index in [0.29, 0.717) is 22.1 Å². The molecule has 13 heteroatoms. The van der Waals surface area contributed by atoms with Crippen molar-refractivity contribution in [2.24, 2.45) is 5.10 Å². The van der Waals surface area contributed by atoms with Gasteiger partial charge in [-0.05, 0) is 42.0 Å². The number of anilines is 2. The minimum atomic E-state index is -4.45. The number of carboxylic acid groups (broad SMARTS) is 1. The standard InChI is InChI=1S/C22H19F3N4O5S/c1-33-18-7-13(5-6-17(18)34-11-20(31)32)10-26-29-19(30)9-16-12-35-21(28-16)27-15-4-2-3-14(8-15)22(23,24)25/h2-8,10,12H,9,11H2,1H3,(H,27,28)(H,29,30)(H,31,32)/b26-10-. The van der Waals surface area contributed by atoms with E-state index in [4.69, 9.17) is 14.6 Å². The molecule has 184 valence electrons. The highest BCUT2D eigenvalue weighted by Crippen LogP contribution is 2.32. The number of aromatic nitrogens is 1. The van der Waals surface area contributed by atoms with Crippen LogP contribution < -0.4 is 20.2 Å². The van der Waals surface area contributed by atoms with Gasteiger partial charge >= 0.3 is 12.1 Å². The molecule has 0 bridgehead atoms. The molecule has 35 heavy (non-hydrogen) atoms. The highest BCUT2D eigenvalue weighted by Gasteiger charge is 2.30. The first-order valence-corrected chi connectivity index (χ1v) is 10.7. The van der Waals surface area contributed by atoms with Gasteiger partial charge in [-0.1, -0.05) is 6.07 Å². The van der Waals surface area contributed by atoms with Crippen LogP contribution in [-0.2, 0) is 22.2 Å². The normalized spacial score (nSPS) is 11.3. The molecule has 0 fully saturated rings. The number of carbonyl (C=O) groups is 2. The number of amides is 1. The fraction of sp³-hybridized carbons (Fsp3) is 0.182. The minimum Gasteiger partial charge on any atom is -0.493 e. The van der Waals surface area contributed by atoms with Crippen LogP contribution in [0.25, 0.3) is 0 Å². The maximum atomic E-state index is 12.8. The molecule has 0 spiro atoms. The Labute approximate surface area is 201 Å². The van der Waals surface area contributed by atoms with E-state index in [1.54, 1.807) is 17.5 Å². The van der Waals surface area contributed by atoms with Crippen molar-refractivity contribution in [3.8, 4) is 11.5 Å². The van der Waals surface area contributed by atoms with Gasteiger partial charge in [-0.2, -0.15) is 18.3 Å². The van der Waals surface area contributed by atoms with Crippen LogP contribution in [0, 0.1) is 0 Å². The van der Waals surface area contributed by atoms with Crippen molar-refractivity contribution >= 4 is 40.2 Å². The number of hydrogen-bond donors (Lipinski definition) is 3. The third kappa shape index (κ3) is 7.71. The number of hydrazone groups is 1. The number of alkyl halides is 3. The largest absolute Gasteiger partial charge is 0.493 e. The highest BCUT2D eigenvalue weighted by molar-refractivity contribution is 7.13. The first kappa shape index (κ1) is 25.5. The Morgan fingerprint density at radius 1 is 1.20 bits per heavy atom. The van der Waals surface area contributed by atoms with Gasteiger partial charge in [-0.3, -0.25) is 4.79 Å². The van der Waals surface area contributed by atoms with Crippen molar-refractivity contribution in [1.29, 1.82) is 0 Å². The zero-order chi connectivity index (χ0) is 25.4. The summed E-state index contributed by atoms with van der Waals surface area (Å²) in [5, 5.41) is 17.3. The van der Waals surface area contributed by atoms with Crippen LogP contribution in [0.4, 0.5) is 24.0 Å². The lowest BCUT2D eigenvalue weighted by Gasteiger charge is -2.09. The number of thiazole rings is 1. The predicted molar refractivity (Wildman–Crippen MR) is 122 cm³/mol. The summed E-state index contributed by atoms with van der Waals surface area (Å²) in [5.41, 5.74) is 2.78. The second-order valence-corrected chi connectivity index (χ2v) is 7.77. The third-order valence-electron chi connectivity index (χ3n) is 4.28. The molecule has 0 aliphatic carbocycles. The fourth-order valence-electron chi connectivity index (χ4n) is 2.75. The van der Waals surface area contributed by atoms with E-state index in [9.17, 15) is 22.8 Å². The van der Waals surface area contributed by atoms with Gasteiger partial charge in [0.05, 0.1) is 31.0 Å². The van der Waals surface area contributed by atoms with Crippen LogP contribution in [0.15, 0.2) is 52.9 Å². The van der Waals surface area contributed by atoms with E-state index < -0.39 is 30.2 Å². The molecule has 2 aromatic carbocycles. The second-order valence-electron chi connectivity index (χ2n) is 6.91. The first-order valence-electron chi connectivity index (χ1n) is 9.87. The van der Waals surface area contributed by atoms with Crippen LogP contribution in [0.1, 0.15) is 16.8 Å². The van der Waals surface area contributed by atoms with Crippen LogP contribution in [0.3, 0.4) is 0 Å². The molecular weight excluding hydrogens is 489 g/mol. The van der Waals surface area contributed by atoms with E-state index in [0.717, 1.165) is 23.5 Å². The van der Waals surface area contributed by atoms with Gasteiger partial charge in [0.15, 0.2) is 23.2 Å². The number of carbonyl (C=O) groups excluding carboxylic acids is 1. The summed E-state index contributed by atoms with van der Waals surface area (Å²) < 4.78 is 48.8. The smallest absolute Gasteiger partial charge is 0.416 e. The molecule has 1 heterocycles. The van der Waals surface area contributed by atoms with Gasteiger partial charge in [-0.25, -0.2) is 15.2 Å². The number of aliphatic carboxylic acids is 1. The van der Waals surface area contributed by atoms with Gasteiger partial charge in [0.2, 0.25) is 5.91 Å². The number of benzene rings is 2. The third-order valence-corrected chi connectivity index (χ3v) is 5.08. The fourth-order valence-corrected chi connectivity index (χ4v) is 3.48. The summed E-state index contributed by atoms with van der Waals surface area (Å²) in [4.78, 5) is 27.0. The summed E-state index contributed by atoms with van der Waals surface area (Å²) in [6.45, 7) is -0.520. The molecule has 9 nitrogen and oxygen atoms in total. The molecule has 0 aliphatic heterocycles. The van der Waals surface area contributed by atoms with Gasteiger partial charge in [-0.15, -0.1) is 11.3 Å². The van der Waals surface area contributed by atoms with E-state index in [1.807, 2.05) is 0 Å². The number of ether oxygens (including phenoxy) is 2. The van der Waals surface area contributed by atoms with Crippen molar-refractivity contribution in [1.82, 2.24) is 10.4 Å². The summed E-state index contributed by atoms with van der Waals surface area (Å²) in [6.07, 6.45) is -3.18. The van der Waals surface area contributed by atoms with E-state index in [-0.39, 0.29) is 17.9 Å². The average molecular weight is 508 g/mol. The highest BCUT2D eigenvalue weighted by atomic mass is 32.1. The van der Waals surface area contributed by atoms with Crippen LogP contribution >= 0.6 is 11.3 Å². The van der Waals surface area contributed by atoms with Crippen LogP contribution in [-0.4, -0.2) is 41.9 Å². The molecule has 0 radical (unpaired) electrons. The Bertz CT molecular complexity index is 1230. The van der Waals surface area contributed by atoms with Crippen molar-refractivity contribution in [3.63, 3.8) is 0 Å². The summed E-state index contributed by atoms with van der Waals surface area (Å²) in [6, 6.07) is 9.39. The second kappa shape index (κ2) is 11.3. The van der Waals surface area contributed by atoms with E-state index in [2.05, 4.69) is 20.8 Å². The molecule has 0 atom stereocenters. The van der Waals surface area contributed by atoms with Crippen molar-refractivity contribution < 1.29 is 37.3 Å². The number of carboxylic acids is 1. The number of rotatable bonds is 10. The van der Waals surface area contributed by atoms with Gasteiger partial charge < -0.3 is 19.9 Å². The quantitative estimate of drug-likeness (QED) is 0.279.